The molecular weight excluding hydrogens is 961 g/mol. The van der Waals surface area contributed by atoms with Gasteiger partial charge in [0, 0.05) is 16.7 Å². The van der Waals surface area contributed by atoms with E-state index in [0.29, 0.717) is 5.56 Å². The Morgan fingerprint density at radius 2 is 0.571 bits per heavy atom. The zero-order valence-corrected chi connectivity index (χ0v) is 43.3. The molecule has 77 heavy (non-hydrogen) atoms. The first-order chi connectivity index (χ1) is 37.4. The van der Waals surface area contributed by atoms with Gasteiger partial charge < -0.3 is 0 Å². The van der Waals surface area contributed by atoms with E-state index < -0.39 is 0 Å². The second-order valence-electron chi connectivity index (χ2n) is 16.8. The number of hydrogen-bond acceptors (Lipinski definition) is 9. The van der Waals surface area contributed by atoms with Crippen LogP contribution in [0.5, 0.6) is 0 Å². The molecule has 0 aliphatic carbocycles. The summed E-state index contributed by atoms with van der Waals surface area (Å²) in [7, 11) is 0. The van der Waals surface area contributed by atoms with Crippen LogP contribution < -0.4 is 0 Å². The standard InChI is InChI=1S/C16H14O3.C16H14O.C15H12O.C11H12O3.C10H10O/c17-16(15-4-2-1-3-5-15)11-10-13-6-8-14(9-7-13)12-19-18;1-13-7-10-15(11-8-13)16(17)12-9-14-5-3-2-4-6-14;16-15(14-9-5-2-6-10-14)12-11-13-7-3-1-4-8-13;1-9(12)2-3-10-4-6-11(7-5-10)8-14-13;1-9(11)7-8-10-5-3-2-4-6-10/h1-11,18H,12H2;2-12H,1H3;1-12H;2-7,13H,8H2,1H3;2-8H,1H3/b11-10+;;;3-2+;. The molecule has 0 aliphatic heterocycles. The Bertz CT molecular complexity index is 3140. The predicted molar refractivity (Wildman–Crippen MR) is 311 cm³/mol. The monoisotopic (exact) mass is 1020 g/mol. The zero-order chi connectivity index (χ0) is 55.3. The Kier molecular flexibility index (Phi) is 27.9. The van der Waals surface area contributed by atoms with Gasteiger partial charge in [0.1, 0.15) is 13.2 Å². The molecule has 0 spiro atoms. The van der Waals surface area contributed by atoms with E-state index in [1.807, 2.05) is 237 Å². The molecule has 9 nitrogen and oxygen atoms in total. The van der Waals surface area contributed by atoms with Gasteiger partial charge in [-0.2, -0.15) is 0 Å². The summed E-state index contributed by atoms with van der Waals surface area (Å²) in [5.74, 6) is 0.142. The molecule has 8 aromatic carbocycles. The summed E-state index contributed by atoms with van der Waals surface area (Å²) in [5, 5.41) is 16.5. The molecule has 0 saturated carbocycles. The number of hydrogen-bond donors (Lipinski definition) is 2. The molecule has 2 N–H and O–H groups in total. The molecule has 0 aromatic heterocycles. The van der Waals surface area contributed by atoms with Crippen molar-refractivity contribution in [2.75, 3.05) is 0 Å². The minimum absolute atomic E-state index is 0.0211. The first kappa shape index (κ1) is 60.2. The van der Waals surface area contributed by atoms with Crippen LogP contribution in [-0.4, -0.2) is 39.4 Å². The van der Waals surface area contributed by atoms with Gasteiger partial charge in [0.15, 0.2) is 28.9 Å². The van der Waals surface area contributed by atoms with Crippen LogP contribution >= 0.6 is 0 Å². The third-order valence-electron chi connectivity index (χ3n) is 10.6. The van der Waals surface area contributed by atoms with Gasteiger partial charge in [0.05, 0.1) is 0 Å². The molecule has 0 fully saturated rings. The third-order valence-corrected chi connectivity index (χ3v) is 10.6. The van der Waals surface area contributed by atoms with E-state index in [9.17, 15) is 24.0 Å². The van der Waals surface area contributed by atoms with Crippen LogP contribution in [0, 0.1) is 6.92 Å². The van der Waals surface area contributed by atoms with Crippen LogP contribution in [0.15, 0.2) is 255 Å². The van der Waals surface area contributed by atoms with E-state index in [0.717, 1.165) is 55.6 Å². The number of carbonyl (C=O) groups is 5. The summed E-state index contributed by atoms with van der Waals surface area (Å²) in [6.07, 6.45) is 16.8. The lowest BCUT2D eigenvalue weighted by molar-refractivity contribution is -0.253. The molecule has 0 bridgehead atoms. The minimum Gasteiger partial charge on any atom is -0.295 e. The number of benzene rings is 8. The lowest BCUT2D eigenvalue weighted by atomic mass is 10.1. The summed E-state index contributed by atoms with van der Waals surface area (Å²) in [5.41, 5.74) is 10.0. The number of aryl methyl sites for hydroxylation is 1. The largest absolute Gasteiger partial charge is 0.295 e. The molecule has 0 aliphatic rings. The molecule has 0 radical (unpaired) electrons. The van der Waals surface area contributed by atoms with Crippen molar-refractivity contribution in [2.45, 2.75) is 34.0 Å². The number of carbonyl (C=O) groups excluding carboxylic acids is 5. The Hall–Kier alpha value is -9.35. The summed E-state index contributed by atoms with van der Waals surface area (Å²) < 4.78 is 0. The third kappa shape index (κ3) is 25.9. The summed E-state index contributed by atoms with van der Waals surface area (Å²) in [6.45, 7) is 5.39. The molecule has 388 valence electrons. The smallest absolute Gasteiger partial charge is 0.185 e. The number of allylic oxidation sites excluding steroid dienone is 5. The maximum Gasteiger partial charge on any atom is 0.185 e. The second-order valence-corrected chi connectivity index (χ2v) is 16.8. The van der Waals surface area contributed by atoms with Crippen molar-refractivity contribution in [3.8, 4) is 0 Å². The van der Waals surface area contributed by atoms with Gasteiger partial charge in [0.25, 0.3) is 0 Å². The van der Waals surface area contributed by atoms with Crippen molar-refractivity contribution in [1.29, 1.82) is 0 Å². The molecule has 8 rings (SSSR count). The van der Waals surface area contributed by atoms with Crippen molar-refractivity contribution >= 4 is 59.3 Å². The van der Waals surface area contributed by atoms with Crippen LogP contribution in [0.3, 0.4) is 0 Å². The molecule has 0 saturated heterocycles. The highest BCUT2D eigenvalue weighted by molar-refractivity contribution is 6.08. The van der Waals surface area contributed by atoms with Crippen molar-refractivity contribution in [3.63, 3.8) is 0 Å². The molecular formula is C68H62O9. The van der Waals surface area contributed by atoms with E-state index in [1.165, 1.54) is 13.0 Å². The van der Waals surface area contributed by atoms with E-state index in [4.69, 9.17) is 10.5 Å². The van der Waals surface area contributed by atoms with Crippen molar-refractivity contribution in [2.24, 2.45) is 0 Å². The quantitative estimate of drug-likeness (QED) is 0.0394. The average Bonchev–Trinajstić information content (AvgIpc) is 3.47. The summed E-state index contributed by atoms with van der Waals surface area (Å²) >= 11 is 0. The van der Waals surface area contributed by atoms with Crippen molar-refractivity contribution in [3.05, 3.63) is 316 Å². The van der Waals surface area contributed by atoms with Gasteiger partial charge in [-0.3, -0.25) is 34.5 Å². The fourth-order valence-corrected chi connectivity index (χ4v) is 6.45. The highest BCUT2D eigenvalue weighted by atomic mass is 17.1. The van der Waals surface area contributed by atoms with Crippen molar-refractivity contribution in [1.82, 2.24) is 0 Å². The maximum atomic E-state index is 11.8. The highest BCUT2D eigenvalue weighted by Crippen LogP contribution is 2.12. The zero-order valence-electron chi connectivity index (χ0n) is 43.3. The molecule has 0 amide bonds. The first-order valence-electron chi connectivity index (χ1n) is 24.5. The predicted octanol–water partition coefficient (Wildman–Crippen LogP) is 15.6. The van der Waals surface area contributed by atoms with Gasteiger partial charge >= 0.3 is 0 Å². The molecule has 8 aromatic rings. The topological polar surface area (TPSA) is 144 Å². The lowest BCUT2D eigenvalue weighted by Crippen LogP contribution is -1.93. The molecule has 0 unspecified atom stereocenters. The van der Waals surface area contributed by atoms with Gasteiger partial charge in [-0.15, -0.1) is 0 Å². The van der Waals surface area contributed by atoms with Crippen LogP contribution in [0.25, 0.3) is 30.4 Å². The normalized spacial score (nSPS) is 10.6. The van der Waals surface area contributed by atoms with E-state index in [2.05, 4.69) is 9.78 Å². The Balaban J connectivity index is 0.000000210. The van der Waals surface area contributed by atoms with E-state index in [-0.39, 0.29) is 42.1 Å². The van der Waals surface area contributed by atoms with Crippen molar-refractivity contribution < 1.29 is 44.3 Å². The number of rotatable bonds is 17. The molecule has 9 heteroatoms. The molecule has 0 heterocycles. The average molecular weight is 1020 g/mol. The number of ketones is 5. The van der Waals surface area contributed by atoms with Crippen LogP contribution in [0.2, 0.25) is 0 Å². The Morgan fingerprint density at radius 1 is 0.325 bits per heavy atom. The lowest BCUT2D eigenvalue weighted by Gasteiger charge is -1.99. The summed E-state index contributed by atoms with van der Waals surface area (Å²) in [4.78, 5) is 64.6. The highest BCUT2D eigenvalue weighted by Gasteiger charge is 2.02. The summed E-state index contributed by atoms with van der Waals surface area (Å²) in [6, 6.07) is 70.1. The van der Waals surface area contributed by atoms with Gasteiger partial charge in [-0.05, 0) is 90.1 Å². The maximum absolute atomic E-state index is 11.8. The second kappa shape index (κ2) is 35.7. The van der Waals surface area contributed by atoms with Gasteiger partial charge in [0.2, 0.25) is 0 Å². The fourth-order valence-electron chi connectivity index (χ4n) is 6.45. The Labute approximate surface area is 451 Å². The van der Waals surface area contributed by atoms with Gasteiger partial charge in [-0.25, -0.2) is 9.78 Å². The van der Waals surface area contributed by atoms with E-state index >= 15 is 0 Å². The van der Waals surface area contributed by atoms with Crippen LogP contribution in [0.1, 0.15) is 89.4 Å². The van der Waals surface area contributed by atoms with E-state index in [1.54, 1.807) is 55.5 Å². The fraction of sp³-hybridized carbons (Fsp3) is 0.0735. The van der Waals surface area contributed by atoms with Crippen LogP contribution in [0.4, 0.5) is 0 Å². The van der Waals surface area contributed by atoms with Crippen LogP contribution in [-0.2, 0) is 32.6 Å². The first-order valence-corrected chi connectivity index (χ1v) is 24.5. The SMILES string of the molecule is CC(=O)/C=C/c1ccc(COO)cc1.CC(=O)C=Cc1ccccc1.Cc1ccc(C(=O)C=Cc2ccccc2)cc1.O=C(/C=C/c1ccc(COO)cc1)c1ccccc1.O=C(C=Cc1ccccc1)c1ccccc1. The molecule has 0 atom stereocenters. The van der Waals surface area contributed by atoms with Gasteiger partial charge in [-0.1, -0.05) is 260 Å². The minimum atomic E-state index is -0.0247. The Morgan fingerprint density at radius 3 is 0.844 bits per heavy atom.